The van der Waals surface area contributed by atoms with Crippen LogP contribution in [0.4, 0.5) is 0 Å². The Morgan fingerprint density at radius 3 is 0.545 bits per heavy atom. The Hall–Kier alpha value is -0.280. The lowest BCUT2D eigenvalue weighted by molar-refractivity contribution is -0.577. The third kappa shape index (κ3) is 25.7. The molecule has 66 heavy (non-hydrogen) atoms. The molecular formula is C59H114O7. The van der Waals surface area contributed by atoms with Gasteiger partial charge in [-0.15, -0.1) is 0 Å². The molecule has 3 aliphatic heterocycles. The van der Waals surface area contributed by atoms with E-state index in [1.165, 1.54) is 270 Å². The zero-order chi connectivity index (χ0) is 46.9. The first-order valence-corrected chi connectivity index (χ1v) is 30.3. The zero-order valence-corrected chi connectivity index (χ0v) is 44.5. The van der Waals surface area contributed by atoms with Crippen LogP contribution in [0, 0.1) is 5.41 Å². The van der Waals surface area contributed by atoms with Gasteiger partial charge in [0.05, 0.1) is 12.0 Å². The molecule has 3 saturated heterocycles. The minimum absolute atomic E-state index is 0.0783. The summed E-state index contributed by atoms with van der Waals surface area (Å²) >= 11 is 0. The number of unbranched alkanes of at least 4 members (excludes halogenated alkanes) is 42. The van der Waals surface area contributed by atoms with Crippen molar-refractivity contribution in [2.75, 3.05) is 6.61 Å². The van der Waals surface area contributed by atoms with Crippen molar-refractivity contribution in [3.05, 3.63) is 0 Å². The fourth-order valence-corrected chi connectivity index (χ4v) is 11.4. The van der Waals surface area contributed by atoms with Crippen molar-refractivity contribution in [2.24, 2.45) is 5.41 Å². The van der Waals surface area contributed by atoms with Crippen molar-refractivity contribution in [1.82, 2.24) is 0 Å². The molecule has 1 N–H and O–H groups in total. The molecule has 0 saturated carbocycles. The number of aliphatic hydroxyl groups excluding tert-OH is 1. The first-order chi connectivity index (χ1) is 32.7. The monoisotopic (exact) mass is 935 g/mol. The van der Waals surface area contributed by atoms with Gasteiger partial charge in [0.2, 0.25) is 0 Å². The summed E-state index contributed by atoms with van der Waals surface area (Å²) in [6, 6.07) is 0. The van der Waals surface area contributed by atoms with E-state index < -0.39 is 5.41 Å². The quantitative estimate of drug-likeness (QED) is 0.0481. The van der Waals surface area contributed by atoms with Gasteiger partial charge in [-0.05, 0) is 19.3 Å². The van der Waals surface area contributed by atoms with Gasteiger partial charge in [-0.2, -0.15) is 0 Å². The third-order valence-corrected chi connectivity index (χ3v) is 16.0. The van der Waals surface area contributed by atoms with Crippen molar-refractivity contribution in [3.8, 4) is 0 Å². The van der Waals surface area contributed by atoms with Crippen LogP contribution in [-0.4, -0.2) is 48.3 Å². The van der Waals surface area contributed by atoms with Crippen LogP contribution in [0.1, 0.15) is 329 Å². The summed E-state index contributed by atoms with van der Waals surface area (Å²) in [4.78, 5) is 35.6. The standard InChI is InChI=1S/C59H114O7/c1-4-7-10-13-16-19-22-25-28-31-34-37-40-43-46-49-53-56(64-61-53)59(52-60,57-54(62-65-57)50-47-44-41-38-35-32-29-26-23-20-17-14-11-8-5-2)58-55(63-66-58)51-48-45-42-39-36-33-30-27-24-21-18-15-12-9-6-3/h53-58,60H,4-52H2,1-3H3. The highest BCUT2D eigenvalue weighted by molar-refractivity contribution is 5.10. The van der Waals surface area contributed by atoms with Crippen molar-refractivity contribution in [3.63, 3.8) is 0 Å². The van der Waals surface area contributed by atoms with E-state index in [9.17, 15) is 5.11 Å². The molecular weight excluding hydrogens is 821 g/mol. The smallest absolute Gasteiger partial charge is 0.135 e. The number of aliphatic hydroxyl groups is 1. The lowest BCUT2D eigenvalue weighted by Gasteiger charge is -2.59. The molecule has 0 radical (unpaired) electrons. The topological polar surface area (TPSA) is 75.6 Å². The fraction of sp³-hybridized carbons (Fsp3) is 1.00. The molecule has 3 fully saturated rings. The molecule has 6 unspecified atom stereocenters. The van der Waals surface area contributed by atoms with Crippen molar-refractivity contribution >= 4 is 0 Å². The highest BCUT2D eigenvalue weighted by Gasteiger charge is 2.69. The summed E-state index contributed by atoms with van der Waals surface area (Å²) in [5.41, 5.74) is -0.782. The molecule has 0 bridgehead atoms. The highest BCUT2D eigenvalue weighted by Crippen LogP contribution is 2.52. The summed E-state index contributed by atoms with van der Waals surface area (Å²) in [6.07, 6.45) is 62.7. The Bertz CT molecular complexity index is 905. The molecule has 7 nitrogen and oxygen atoms in total. The van der Waals surface area contributed by atoms with E-state index in [4.69, 9.17) is 29.3 Å². The molecule has 3 rings (SSSR count). The van der Waals surface area contributed by atoms with Gasteiger partial charge in [0.1, 0.15) is 36.6 Å². The van der Waals surface area contributed by atoms with E-state index >= 15 is 0 Å². The summed E-state index contributed by atoms with van der Waals surface area (Å²) in [7, 11) is 0. The largest absolute Gasteiger partial charge is 0.395 e. The molecule has 0 aromatic rings. The van der Waals surface area contributed by atoms with E-state index in [0.717, 1.165) is 38.5 Å². The molecule has 0 aliphatic carbocycles. The van der Waals surface area contributed by atoms with Crippen LogP contribution in [0.15, 0.2) is 0 Å². The molecule has 7 heteroatoms. The Balaban J connectivity index is 1.37. The van der Waals surface area contributed by atoms with Crippen LogP contribution in [0.25, 0.3) is 0 Å². The SMILES string of the molecule is CCCCCCCCCCCCCCCCCC1OOC1C(CO)(C1OOC1CCCCCCCCCCCCCCCCC)C1OOC1CCCCCCCCCCCCCCCCC. The van der Waals surface area contributed by atoms with Crippen molar-refractivity contribution in [2.45, 2.75) is 366 Å². The van der Waals surface area contributed by atoms with Gasteiger partial charge < -0.3 is 5.11 Å². The van der Waals surface area contributed by atoms with E-state index in [0.29, 0.717) is 0 Å². The van der Waals surface area contributed by atoms with Gasteiger partial charge in [-0.1, -0.05) is 310 Å². The molecule has 0 amide bonds. The third-order valence-electron chi connectivity index (χ3n) is 16.0. The van der Waals surface area contributed by atoms with Crippen molar-refractivity contribution < 1.29 is 34.4 Å². The minimum atomic E-state index is -0.782. The van der Waals surface area contributed by atoms with Gasteiger partial charge >= 0.3 is 0 Å². The minimum Gasteiger partial charge on any atom is -0.395 e. The predicted molar refractivity (Wildman–Crippen MR) is 277 cm³/mol. The Labute approximate surface area is 410 Å². The zero-order valence-electron chi connectivity index (χ0n) is 44.5. The number of hydrogen-bond donors (Lipinski definition) is 1. The highest BCUT2D eigenvalue weighted by atomic mass is 17.3. The van der Waals surface area contributed by atoms with Crippen LogP contribution in [-0.2, 0) is 29.3 Å². The summed E-state index contributed by atoms with van der Waals surface area (Å²) < 4.78 is 0. The molecule has 392 valence electrons. The second-order valence-electron chi connectivity index (χ2n) is 21.9. The van der Waals surface area contributed by atoms with Gasteiger partial charge in [-0.25, -0.2) is 29.3 Å². The van der Waals surface area contributed by atoms with E-state index in [2.05, 4.69) is 20.8 Å². The molecule has 3 heterocycles. The molecule has 0 aromatic carbocycles. The summed E-state index contributed by atoms with van der Waals surface area (Å²) in [6.45, 7) is 6.80. The van der Waals surface area contributed by atoms with Gasteiger partial charge in [0.15, 0.2) is 0 Å². The normalized spacial score (nSPS) is 22.5. The van der Waals surface area contributed by atoms with Crippen LogP contribution >= 0.6 is 0 Å². The average Bonchev–Trinajstić information content (AvgIpc) is 3.29. The Morgan fingerprint density at radius 2 is 0.409 bits per heavy atom. The molecule has 0 spiro atoms. The van der Waals surface area contributed by atoms with Gasteiger partial charge in [-0.3, -0.25) is 0 Å². The lowest BCUT2D eigenvalue weighted by Crippen LogP contribution is -2.75. The van der Waals surface area contributed by atoms with E-state index in [1.807, 2.05) is 0 Å². The second-order valence-corrected chi connectivity index (χ2v) is 21.9. The van der Waals surface area contributed by atoms with Gasteiger partial charge in [0.25, 0.3) is 0 Å². The maximum atomic E-state index is 11.4. The van der Waals surface area contributed by atoms with Crippen molar-refractivity contribution in [1.29, 1.82) is 0 Å². The van der Waals surface area contributed by atoms with Gasteiger partial charge in [0, 0.05) is 0 Å². The number of hydrogen-bond acceptors (Lipinski definition) is 7. The Morgan fingerprint density at radius 1 is 0.242 bits per heavy atom. The predicted octanol–water partition coefficient (Wildman–Crippen LogP) is 18.8. The van der Waals surface area contributed by atoms with E-state index in [-0.39, 0.29) is 43.2 Å². The average molecular weight is 936 g/mol. The van der Waals surface area contributed by atoms with Crippen LogP contribution < -0.4 is 0 Å². The number of rotatable bonds is 52. The Kier molecular flexibility index (Phi) is 38.6. The van der Waals surface area contributed by atoms with Crippen LogP contribution in [0.2, 0.25) is 0 Å². The fourth-order valence-electron chi connectivity index (χ4n) is 11.4. The molecule has 6 atom stereocenters. The molecule has 3 aliphatic rings. The maximum absolute atomic E-state index is 11.4. The van der Waals surface area contributed by atoms with Crippen LogP contribution in [0.5, 0.6) is 0 Å². The maximum Gasteiger partial charge on any atom is 0.135 e. The summed E-state index contributed by atoms with van der Waals surface area (Å²) in [5.74, 6) is 0. The first-order valence-electron chi connectivity index (χ1n) is 30.3. The molecule has 0 aromatic heterocycles. The van der Waals surface area contributed by atoms with Crippen LogP contribution in [0.3, 0.4) is 0 Å². The van der Waals surface area contributed by atoms with E-state index in [1.54, 1.807) is 0 Å². The first kappa shape index (κ1) is 60.0. The lowest BCUT2D eigenvalue weighted by atomic mass is 9.65. The second kappa shape index (κ2) is 42.4. The summed E-state index contributed by atoms with van der Waals surface area (Å²) in [5, 5.41) is 11.4.